The number of aliphatic hydroxyl groups excluding tert-OH is 1. The normalized spacial score (nSPS) is 17.4. The Morgan fingerprint density at radius 2 is 2.27 bits per heavy atom. The summed E-state index contributed by atoms with van der Waals surface area (Å²) in [4.78, 5) is 17.2. The lowest BCUT2D eigenvalue weighted by atomic mass is 10.0. The van der Waals surface area contributed by atoms with Gasteiger partial charge in [0.2, 0.25) is 5.65 Å². The molecule has 158 valence electrons. The zero-order valence-corrected chi connectivity index (χ0v) is 16.4. The summed E-state index contributed by atoms with van der Waals surface area (Å²) in [6, 6.07) is 5.97. The minimum atomic E-state index is -0.512. The Balaban J connectivity index is 1.69. The van der Waals surface area contributed by atoms with Gasteiger partial charge >= 0.3 is 5.69 Å². The Morgan fingerprint density at radius 1 is 1.43 bits per heavy atom. The third-order valence-electron chi connectivity index (χ3n) is 5.25. The van der Waals surface area contributed by atoms with Crippen molar-refractivity contribution in [2.45, 2.75) is 25.8 Å². The molecule has 1 aromatic carbocycles. The molecule has 1 N–H and O–H groups in total. The number of hydrogen-bond acceptors (Lipinski definition) is 7. The van der Waals surface area contributed by atoms with E-state index in [4.69, 9.17) is 4.74 Å². The molecule has 0 spiro atoms. The summed E-state index contributed by atoms with van der Waals surface area (Å²) in [5.41, 5.74) is 0.693. The van der Waals surface area contributed by atoms with E-state index in [-0.39, 0.29) is 35.7 Å². The van der Waals surface area contributed by atoms with Crippen LogP contribution in [0.15, 0.2) is 36.7 Å². The molecular formula is C20H22FN5O4. The molecule has 1 aliphatic heterocycles. The molecule has 0 aliphatic carbocycles. The van der Waals surface area contributed by atoms with Crippen LogP contribution in [0.2, 0.25) is 0 Å². The van der Waals surface area contributed by atoms with E-state index < -0.39 is 4.92 Å². The Hall–Kier alpha value is -3.27. The first kappa shape index (κ1) is 20.0. The molecule has 1 aliphatic rings. The van der Waals surface area contributed by atoms with E-state index in [2.05, 4.69) is 10.1 Å². The van der Waals surface area contributed by atoms with Crippen LogP contribution < -0.4 is 9.64 Å². The third kappa shape index (κ3) is 3.78. The molecule has 2 aromatic heterocycles. The maximum absolute atomic E-state index is 14.1. The van der Waals surface area contributed by atoms with Gasteiger partial charge in [-0.25, -0.2) is 13.9 Å². The Kier molecular flexibility index (Phi) is 5.49. The molecule has 0 saturated carbocycles. The molecule has 2 unspecified atom stereocenters. The summed E-state index contributed by atoms with van der Waals surface area (Å²) in [6.07, 6.45) is 4.44. The standard InChI is InChI=1S/C20H22FN5O4/c1-13(11-27)12-30-18-5-4-14(21)9-15(18)16-3-2-7-24(16)19-6-8-25-20(23-19)17(10-22-25)26(28)29/h4-6,8-10,13,16,27H,2-3,7,11-12H2,1H3. The van der Waals surface area contributed by atoms with Crippen LogP contribution in [-0.2, 0) is 0 Å². The van der Waals surface area contributed by atoms with E-state index in [9.17, 15) is 19.6 Å². The van der Waals surface area contributed by atoms with Crippen molar-refractivity contribution in [2.24, 2.45) is 5.92 Å². The molecule has 2 atom stereocenters. The molecule has 0 bridgehead atoms. The second-order valence-electron chi connectivity index (χ2n) is 7.47. The van der Waals surface area contributed by atoms with E-state index in [1.54, 1.807) is 18.3 Å². The van der Waals surface area contributed by atoms with Gasteiger partial charge in [-0.05, 0) is 37.1 Å². The number of rotatable bonds is 7. The van der Waals surface area contributed by atoms with Crippen molar-refractivity contribution in [3.8, 4) is 5.75 Å². The Labute approximate surface area is 171 Å². The van der Waals surface area contributed by atoms with E-state index >= 15 is 0 Å². The van der Waals surface area contributed by atoms with Gasteiger partial charge in [-0.1, -0.05) is 6.92 Å². The lowest BCUT2D eigenvalue weighted by molar-refractivity contribution is -0.383. The zero-order valence-electron chi connectivity index (χ0n) is 16.4. The number of benzene rings is 1. The Bertz CT molecular complexity index is 1070. The number of nitrogens with zero attached hydrogens (tertiary/aromatic N) is 5. The number of hydrogen-bond donors (Lipinski definition) is 1. The number of fused-ring (bicyclic) bond motifs is 1. The minimum absolute atomic E-state index is 0.000143. The van der Waals surface area contributed by atoms with Crippen molar-refractivity contribution in [2.75, 3.05) is 24.7 Å². The molecule has 10 heteroatoms. The second-order valence-corrected chi connectivity index (χ2v) is 7.47. The smallest absolute Gasteiger partial charge is 0.333 e. The van der Waals surface area contributed by atoms with Crippen molar-refractivity contribution in [1.82, 2.24) is 14.6 Å². The molecule has 3 aromatic rings. The first-order valence-corrected chi connectivity index (χ1v) is 9.76. The number of halogens is 1. The minimum Gasteiger partial charge on any atom is -0.493 e. The summed E-state index contributed by atoms with van der Waals surface area (Å²) >= 11 is 0. The van der Waals surface area contributed by atoms with Gasteiger partial charge in [0.05, 0.1) is 17.6 Å². The number of anilines is 1. The van der Waals surface area contributed by atoms with Crippen molar-refractivity contribution < 1.29 is 19.2 Å². The average Bonchev–Trinajstić information content (AvgIpc) is 3.39. The van der Waals surface area contributed by atoms with Gasteiger partial charge in [-0.2, -0.15) is 5.10 Å². The van der Waals surface area contributed by atoms with Gasteiger partial charge < -0.3 is 14.7 Å². The fraction of sp³-hybridized carbons (Fsp3) is 0.400. The molecule has 0 radical (unpaired) electrons. The summed E-state index contributed by atoms with van der Waals surface area (Å²) in [5, 5.41) is 24.5. The van der Waals surface area contributed by atoms with Crippen molar-refractivity contribution in [1.29, 1.82) is 0 Å². The summed E-state index contributed by atoms with van der Waals surface area (Å²) in [6.45, 7) is 2.86. The second kappa shape index (κ2) is 8.23. The molecule has 9 nitrogen and oxygen atoms in total. The van der Waals surface area contributed by atoms with Gasteiger partial charge in [-0.15, -0.1) is 0 Å². The lowest BCUT2D eigenvalue weighted by Crippen LogP contribution is -2.25. The number of ether oxygens (including phenoxy) is 1. The third-order valence-corrected chi connectivity index (χ3v) is 5.25. The van der Waals surface area contributed by atoms with Crippen molar-refractivity contribution in [3.05, 3.63) is 58.2 Å². The summed E-state index contributed by atoms with van der Waals surface area (Å²) in [7, 11) is 0. The van der Waals surface area contributed by atoms with Gasteiger partial charge in [-0.3, -0.25) is 10.1 Å². The van der Waals surface area contributed by atoms with Gasteiger partial charge in [0.1, 0.15) is 23.6 Å². The number of aromatic nitrogens is 3. The van der Waals surface area contributed by atoms with E-state index in [1.165, 1.54) is 22.8 Å². The molecule has 1 saturated heterocycles. The first-order chi connectivity index (χ1) is 14.5. The fourth-order valence-electron chi connectivity index (χ4n) is 3.70. The SMILES string of the molecule is CC(CO)COc1ccc(F)cc1C1CCCN1c1ccn2ncc([N+](=O)[O-])c2n1. The zero-order chi connectivity index (χ0) is 21.3. The van der Waals surface area contributed by atoms with Crippen LogP contribution in [0.4, 0.5) is 15.9 Å². The predicted octanol–water partition coefficient (Wildman–Crippen LogP) is 3.13. The van der Waals surface area contributed by atoms with Crippen molar-refractivity contribution in [3.63, 3.8) is 0 Å². The molecule has 3 heterocycles. The molecular weight excluding hydrogens is 393 g/mol. The molecule has 0 amide bonds. The highest BCUT2D eigenvalue weighted by atomic mass is 19.1. The quantitative estimate of drug-likeness (QED) is 0.467. The van der Waals surface area contributed by atoms with Crippen molar-refractivity contribution >= 4 is 17.2 Å². The first-order valence-electron chi connectivity index (χ1n) is 9.76. The van der Waals surface area contributed by atoms with Gasteiger partial charge in [0, 0.05) is 30.8 Å². The van der Waals surface area contributed by atoms with Crippen LogP contribution in [0.1, 0.15) is 31.4 Å². The fourth-order valence-corrected chi connectivity index (χ4v) is 3.70. The van der Waals surface area contributed by atoms with E-state index in [1.807, 2.05) is 11.8 Å². The summed E-state index contributed by atoms with van der Waals surface area (Å²) in [5.74, 6) is 0.709. The largest absolute Gasteiger partial charge is 0.493 e. The molecule has 30 heavy (non-hydrogen) atoms. The molecule has 1 fully saturated rings. The van der Waals surface area contributed by atoms with Gasteiger partial charge in [0.15, 0.2) is 0 Å². The van der Waals surface area contributed by atoms with Crippen LogP contribution in [0.5, 0.6) is 5.75 Å². The summed E-state index contributed by atoms with van der Waals surface area (Å²) < 4.78 is 21.3. The van der Waals surface area contributed by atoms with Crippen LogP contribution in [0.25, 0.3) is 5.65 Å². The number of nitro groups is 1. The maximum atomic E-state index is 14.1. The highest BCUT2D eigenvalue weighted by molar-refractivity contribution is 5.62. The van der Waals surface area contributed by atoms with Crippen LogP contribution in [0.3, 0.4) is 0 Å². The van der Waals surface area contributed by atoms with Crippen LogP contribution >= 0.6 is 0 Å². The van der Waals surface area contributed by atoms with E-state index in [0.717, 1.165) is 12.8 Å². The lowest BCUT2D eigenvalue weighted by Gasteiger charge is -2.28. The van der Waals surface area contributed by atoms with Crippen LogP contribution in [-0.4, -0.2) is 44.4 Å². The Morgan fingerprint density at radius 3 is 3.03 bits per heavy atom. The molecule has 4 rings (SSSR count). The topological polar surface area (TPSA) is 106 Å². The predicted molar refractivity (Wildman–Crippen MR) is 107 cm³/mol. The average molecular weight is 415 g/mol. The van der Waals surface area contributed by atoms with Crippen LogP contribution in [0, 0.1) is 21.8 Å². The highest BCUT2D eigenvalue weighted by Crippen LogP contribution is 2.40. The maximum Gasteiger partial charge on any atom is 0.333 e. The van der Waals surface area contributed by atoms with E-state index in [0.29, 0.717) is 30.3 Å². The monoisotopic (exact) mass is 415 g/mol. The highest BCUT2D eigenvalue weighted by Gasteiger charge is 2.31. The van der Waals surface area contributed by atoms with Gasteiger partial charge in [0.25, 0.3) is 0 Å². The number of aliphatic hydroxyl groups is 1.